The molecule has 2 heterocycles. The fraction of sp³-hybridized carbons (Fsp3) is 0.333. The number of nitrogens with two attached hydrogens (primary N) is 1. The van der Waals surface area contributed by atoms with Gasteiger partial charge in [0.25, 0.3) is 0 Å². The van der Waals surface area contributed by atoms with Crippen LogP contribution in [0.3, 0.4) is 0 Å². The summed E-state index contributed by atoms with van der Waals surface area (Å²) >= 11 is 0. The topological polar surface area (TPSA) is 80.0 Å². The summed E-state index contributed by atoms with van der Waals surface area (Å²) in [5.41, 5.74) is 6.95. The lowest BCUT2D eigenvalue weighted by Crippen LogP contribution is -2.23. The zero-order chi connectivity index (χ0) is 12.1. The second-order valence-electron chi connectivity index (χ2n) is 3.97. The van der Waals surface area contributed by atoms with Crippen LogP contribution in [0.15, 0.2) is 30.0 Å². The molecular formula is C12H16N4O. The second-order valence-corrected chi connectivity index (χ2v) is 3.97. The molecule has 17 heavy (non-hydrogen) atoms. The predicted octanol–water partition coefficient (Wildman–Crippen LogP) is 0.512. The molecule has 1 aromatic rings. The van der Waals surface area contributed by atoms with Gasteiger partial charge in [-0.3, -0.25) is 4.79 Å². The lowest BCUT2D eigenvalue weighted by molar-refractivity contribution is 0.1000. The highest BCUT2D eigenvalue weighted by Crippen LogP contribution is 2.08. The van der Waals surface area contributed by atoms with Gasteiger partial charge in [-0.15, -0.1) is 0 Å². The first kappa shape index (κ1) is 11.6. The number of pyridine rings is 1. The number of carbonyl (C=O) groups is 1. The van der Waals surface area contributed by atoms with Crippen molar-refractivity contribution in [2.75, 3.05) is 25.0 Å². The van der Waals surface area contributed by atoms with Gasteiger partial charge < -0.3 is 16.4 Å². The first-order chi connectivity index (χ1) is 8.25. The number of anilines is 1. The summed E-state index contributed by atoms with van der Waals surface area (Å²) in [6, 6.07) is 3.44. The maximum absolute atomic E-state index is 10.9. The van der Waals surface area contributed by atoms with E-state index >= 15 is 0 Å². The Morgan fingerprint density at radius 2 is 2.41 bits per heavy atom. The number of aromatic nitrogens is 1. The highest BCUT2D eigenvalue weighted by Gasteiger charge is 2.04. The highest BCUT2D eigenvalue weighted by atomic mass is 16.1. The Morgan fingerprint density at radius 1 is 1.53 bits per heavy atom. The van der Waals surface area contributed by atoms with Gasteiger partial charge in [0, 0.05) is 19.3 Å². The zero-order valence-electron chi connectivity index (χ0n) is 9.57. The van der Waals surface area contributed by atoms with Crippen molar-refractivity contribution in [2.45, 2.75) is 6.42 Å². The monoisotopic (exact) mass is 232 g/mol. The molecule has 1 aliphatic heterocycles. The van der Waals surface area contributed by atoms with Crippen molar-refractivity contribution in [3.05, 3.63) is 35.5 Å². The highest BCUT2D eigenvalue weighted by molar-refractivity contribution is 5.92. The Kier molecular flexibility index (Phi) is 3.72. The minimum absolute atomic E-state index is 0.427. The van der Waals surface area contributed by atoms with Gasteiger partial charge in [0.05, 0.1) is 5.56 Å². The van der Waals surface area contributed by atoms with Crippen LogP contribution in [0.2, 0.25) is 0 Å². The van der Waals surface area contributed by atoms with E-state index < -0.39 is 5.91 Å². The molecule has 1 aliphatic rings. The molecule has 0 bridgehead atoms. The molecule has 0 fully saturated rings. The van der Waals surface area contributed by atoms with Crippen LogP contribution in [-0.4, -0.2) is 30.5 Å². The Labute approximate surface area is 100 Å². The number of hydrogen-bond acceptors (Lipinski definition) is 4. The van der Waals surface area contributed by atoms with Crippen LogP contribution in [0.1, 0.15) is 16.8 Å². The van der Waals surface area contributed by atoms with Gasteiger partial charge in [-0.2, -0.15) is 0 Å². The summed E-state index contributed by atoms with van der Waals surface area (Å²) in [6.07, 6.45) is 4.74. The molecule has 0 aliphatic carbocycles. The van der Waals surface area contributed by atoms with Gasteiger partial charge in [-0.25, -0.2) is 4.98 Å². The third-order valence-electron chi connectivity index (χ3n) is 2.70. The minimum Gasteiger partial charge on any atom is -0.366 e. The third kappa shape index (κ3) is 3.29. The van der Waals surface area contributed by atoms with E-state index in [0.29, 0.717) is 5.56 Å². The summed E-state index contributed by atoms with van der Waals surface area (Å²) in [7, 11) is 0. The molecule has 0 atom stereocenters. The molecule has 5 nitrogen and oxygen atoms in total. The smallest absolute Gasteiger partial charge is 0.250 e. The maximum atomic E-state index is 10.9. The summed E-state index contributed by atoms with van der Waals surface area (Å²) in [4.78, 5) is 15.0. The van der Waals surface area contributed by atoms with Gasteiger partial charge >= 0.3 is 0 Å². The van der Waals surface area contributed by atoms with E-state index in [4.69, 9.17) is 5.73 Å². The minimum atomic E-state index is -0.454. The summed E-state index contributed by atoms with van der Waals surface area (Å²) < 4.78 is 0. The van der Waals surface area contributed by atoms with Crippen molar-refractivity contribution in [3.8, 4) is 0 Å². The maximum Gasteiger partial charge on any atom is 0.250 e. The lowest BCUT2D eigenvalue weighted by Gasteiger charge is -2.14. The number of nitrogens with one attached hydrogen (secondary N) is 2. The van der Waals surface area contributed by atoms with Crippen molar-refractivity contribution in [1.82, 2.24) is 10.3 Å². The van der Waals surface area contributed by atoms with Crippen molar-refractivity contribution < 1.29 is 4.79 Å². The number of hydrogen-bond donors (Lipinski definition) is 3. The van der Waals surface area contributed by atoms with Gasteiger partial charge in [0.2, 0.25) is 5.91 Å². The lowest BCUT2D eigenvalue weighted by atomic mass is 10.1. The van der Waals surface area contributed by atoms with E-state index in [2.05, 4.69) is 21.7 Å². The van der Waals surface area contributed by atoms with Crippen molar-refractivity contribution >= 4 is 11.7 Å². The molecule has 0 saturated carbocycles. The molecule has 0 saturated heterocycles. The molecule has 4 N–H and O–H groups in total. The van der Waals surface area contributed by atoms with Crippen molar-refractivity contribution in [3.63, 3.8) is 0 Å². The average molecular weight is 232 g/mol. The molecule has 2 rings (SSSR count). The molecule has 0 radical (unpaired) electrons. The zero-order valence-corrected chi connectivity index (χ0v) is 9.57. The van der Waals surface area contributed by atoms with Crippen LogP contribution in [0, 0.1) is 0 Å². The van der Waals surface area contributed by atoms with E-state index in [-0.39, 0.29) is 0 Å². The average Bonchev–Trinajstić information content (AvgIpc) is 2.38. The fourth-order valence-corrected chi connectivity index (χ4v) is 1.68. The standard InChI is InChI=1S/C12H16N4O/c13-12(17)10-1-2-11(16-8-10)15-7-9-3-5-14-6-4-9/h1-3,8,14H,4-7H2,(H2,13,17)(H,15,16). The fourth-order valence-electron chi connectivity index (χ4n) is 1.68. The van der Waals surface area contributed by atoms with Gasteiger partial charge in [-0.1, -0.05) is 11.6 Å². The molecule has 5 heteroatoms. The Bertz CT molecular complexity index is 425. The quantitative estimate of drug-likeness (QED) is 0.661. The second kappa shape index (κ2) is 5.45. The number of amides is 1. The van der Waals surface area contributed by atoms with E-state index in [1.807, 2.05) is 0 Å². The molecule has 1 amide bonds. The van der Waals surface area contributed by atoms with E-state index in [9.17, 15) is 4.79 Å². The normalized spacial score (nSPS) is 15.2. The predicted molar refractivity (Wildman–Crippen MR) is 66.8 cm³/mol. The Balaban J connectivity index is 1.90. The van der Waals surface area contributed by atoms with Gasteiger partial charge in [-0.05, 0) is 25.1 Å². The van der Waals surface area contributed by atoms with Crippen molar-refractivity contribution in [2.24, 2.45) is 5.73 Å². The largest absolute Gasteiger partial charge is 0.366 e. The molecule has 90 valence electrons. The molecule has 0 spiro atoms. The van der Waals surface area contributed by atoms with Crippen LogP contribution in [0.5, 0.6) is 0 Å². The van der Waals surface area contributed by atoms with Crippen LogP contribution >= 0.6 is 0 Å². The molecular weight excluding hydrogens is 216 g/mol. The Morgan fingerprint density at radius 3 is 3.00 bits per heavy atom. The van der Waals surface area contributed by atoms with Crippen LogP contribution in [0.25, 0.3) is 0 Å². The van der Waals surface area contributed by atoms with Crippen molar-refractivity contribution in [1.29, 1.82) is 0 Å². The summed E-state index contributed by atoms with van der Waals surface area (Å²) in [5, 5.41) is 6.48. The SMILES string of the molecule is NC(=O)c1ccc(NCC2=CCNCC2)nc1. The number of primary amides is 1. The first-order valence-electron chi connectivity index (χ1n) is 5.64. The van der Waals surface area contributed by atoms with E-state index in [0.717, 1.165) is 31.9 Å². The van der Waals surface area contributed by atoms with Crippen LogP contribution < -0.4 is 16.4 Å². The van der Waals surface area contributed by atoms with E-state index in [1.165, 1.54) is 11.8 Å². The first-order valence-corrected chi connectivity index (χ1v) is 5.64. The molecule has 0 aromatic carbocycles. The summed E-state index contributed by atoms with van der Waals surface area (Å²) in [6.45, 7) is 2.76. The summed E-state index contributed by atoms with van der Waals surface area (Å²) in [5.74, 6) is 0.305. The van der Waals surface area contributed by atoms with Gasteiger partial charge in [0.1, 0.15) is 5.82 Å². The molecule has 0 unspecified atom stereocenters. The van der Waals surface area contributed by atoms with E-state index in [1.54, 1.807) is 12.1 Å². The number of carbonyl (C=O) groups excluding carboxylic acids is 1. The van der Waals surface area contributed by atoms with Crippen LogP contribution in [-0.2, 0) is 0 Å². The van der Waals surface area contributed by atoms with Gasteiger partial charge in [0.15, 0.2) is 0 Å². The number of nitrogens with zero attached hydrogens (tertiary/aromatic N) is 1. The Hall–Kier alpha value is -1.88. The third-order valence-corrected chi connectivity index (χ3v) is 2.70. The molecule has 1 aromatic heterocycles. The number of rotatable bonds is 4. The van der Waals surface area contributed by atoms with Crippen LogP contribution in [0.4, 0.5) is 5.82 Å².